The van der Waals surface area contributed by atoms with Crippen molar-refractivity contribution in [2.75, 3.05) is 34.2 Å². The molecular formula is C16H21NO6S2. The molecule has 2 aromatic rings. The summed E-state index contributed by atoms with van der Waals surface area (Å²) >= 11 is 1.50. The molecule has 1 aromatic carbocycles. The highest BCUT2D eigenvalue weighted by molar-refractivity contribution is 7.85. The minimum atomic E-state index is -3.40. The van der Waals surface area contributed by atoms with Crippen molar-refractivity contribution in [3.05, 3.63) is 23.2 Å². The summed E-state index contributed by atoms with van der Waals surface area (Å²) in [4.78, 5) is 4.58. The summed E-state index contributed by atoms with van der Waals surface area (Å²) in [5.74, 6) is 1.66. The van der Waals surface area contributed by atoms with E-state index in [-0.39, 0.29) is 6.61 Å². The molecule has 1 aromatic heterocycles. The molecule has 0 aliphatic carbocycles. The number of nitrogens with zero attached hydrogens (tertiary/aromatic N) is 1. The molecule has 138 valence electrons. The molecule has 0 atom stereocenters. The van der Waals surface area contributed by atoms with Crippen LogP contribution >= 0.6 is 11.3 Å². The van der Waals surface area contributed by atoms with Crippen molar-refractivity contribution in [2.45, 2.75) is 12.8 Å². The van der Waals surface area contributed by atoms with Crippen LogP contribution in [0.5, 0.6) is 17.2 Å². The minimum absolute atomic E-state index is 0.149. The number of thiazole rings is 1. The third-order valence-corrected chi connectivity index (χ3v) is 4.87. The molecule has 0 saturated heterocycles. The van der Waals surface area contributed by atoms with E-state index in [1.807, 2.05) is 17.5 Å². The highest BCUT2D eigenvalue weighted by Crippen LogP contribution is 2.41. The van der Waals surface area contributed by atoms with Gasteiger partial charge < -0.3 is 14.2 Å². The Bertz CT molecular complexity index is 791. The van der Waals surface area contributed by atoms with Crippen molar-refractivity contribution >= 4 is 21.5 Å². The summed E-state index contributed by atoms with van der Waals surface area (Å²) in [7, 11) is 1.29. The maximum Gasteiger partial charge on any atom is 0.264 e. The second kappa shape index (κ2) is 8.50. The molecule has 7 nitrogen and oxygen atoms in total. The SMILES string of the molecule is COc1cc(-c2nc(CCCOS(C)(=O)=O)cs2)cc(OC)c1OC. The molecule has 0 saturated carbocycles. The van der Waals surface area contributed by atoms with Gasteiger partial charge in [0.15, 0.2) is 11.5 Å². The molecular weight excluding hydrogens is 366 g/mol. The highest BCUT2D eigenvalue weighted by atomic mass is 32.2. The van der Waals surface area contributed by atoms with E-state index in [0.29, 0.717) is 30.1 Å². The van der Waals surface area contributed by atoms with Crippen LogP contribution in [-0.4, -0.2) is 47.6 Å². The molecule has 9 heteroatoms. The van der Waals surface area contributed by atoms with Crippen LogP contribution < -0.4 is 14.2 Å². The monoisotopic (exact) mass is 387 g/mol. The maximum atomic E-state index is 10.9. The Morgan fingerprint density at radius 1 is 1.08 bits per heavy atom. The van der Waals surface area contributed by atoms with E-state index in [1.165, 1.54) is 11.3 Å². The first-order chi connectivity index (χ1) is 11.9. The van der Waals surface area contributed by atoms with Crippen molar-refractivity contribution in [1.29, 1.82) is 0 Å². The Kier molecular flexibility index (Phi) is 6.63. The van der Waals surface area contributed by atoms with Crippen molar-refractivity contribution in [3.8, 4) is 27.8 Å². The number of hydrogen-bond donors (Lipinski definition) is 0. The molecule has 0 fully saturated rings. The zero-order valence-corrected chi connectivity index (χ0v) is 16.2. The third kappa shape index (κ3) is 5.32. The largest absolute Gasteiger partial charge is 0.493 e. The standard InChI is InChI=1S/C16H21NO6S2/c1-20-13-8-11(9-14(21-2)15(13)22-3)16-17-12(10-24-16)6-5-7-23-25(4,18)19/h8-10H,5-7H2,1-4H3. The van der Waals surface area contributed by atoms with Crippen molar-refractivity contribution < 1.29 is 26.8 Å². The van der Waals surface area contributed by atoms with Crippen LogP contribution in [0.2, 0.25) is 0 Å². The van der Waals surface area contributed by atoms with Gasteiger partial charge in [0.05, 0.1) is 39.9 Å². The predicted molar refractivity (Wildman–Crippen MR) is 96.3 cm³/mol. The molecule has 0 N–H and O–H groups in total. The van der Waals surface area contributed by atoms with Crippen LogP contribution in [0.15, 0.2) is 17.5 Å². The van der Waals surface area contributed by atoms with Crippen LogP contribution in [0.3, 0.4) is 0 Å². The predicted octanol–water partition coefficient (Wildman–Crippen LogP) is 2.74. The smallest absolute Gasteiger partial charge is 0.264 e. The van der Waals surface area contributed by atoms with Gasteiger partial charge in [0, 0.05) is 10.9 Å². The lowest BCUT2D eigenvalue weighted by molar-refractivity contribution is 0.315. The third-order valence-electron chi connectivity index (χ3n) is 3.34. The van der Waals surface area contributed by atoms with Crippen LogP contribution in [-0.2, 0) is 20.7 Å². The summed E-state index contributed by atoms with van der Waals surface area (Å²) < 4.78 is 42.6. The zero-order chi connectivity index (χ0) is 18.4. The Labute approximate surface area is 151 Å². The molecule has 0 amide bonds. The van der Waals surface area contributed by atoms with Gasteiger partial charge in [-0.25, -0.2) is 4.98 Å². The fraction of sp³-hybridized carbons (Fsp3) is 0.438. The van der Waals surface area contributed by atoms with Crippen LogP contribution in [0.25, 0.3) is 10.6 Å². The van der Waals surface area contributed by atoms with Crippen LogP contribution in [0.1, 0.15) is 12.1 Å². The van der Waals surface area contributed by atoms with Gasteiger partial charge in [0.2, 0.25) is 5.75 Å². The van der Waals surface area contributed by atoms with Crippen LogP contribution in [0, 0.1) is 0 Å². The first kappa shape index (κ1) is 19.5. The van der Waals surface area contributed by atoms with Gasteiger partial charge in [0.1, 0.15) is 5.01 Å². The van der Waals surface area contributed by atoms with Gasteiger partial charge in [-0.05, 0) is 25.0 Å². The number of rotatable bonds is 9. The lowest BCUT2D eigenvalue weighted by Crippen LogP contribution is -2.04. The Hall–Kier alpha value is -1.84. The number of aryl methyl sites for hydroxylation is 1. The van der Waals surface area contributed by atoms with E-state index in [0.717, 1.165) is 22.5 Å². The summed E-state index contributed by atoms with van der Waals surface area (Å²) in [5.41, 5.74) is 1.74. The van der Waals surface area contributed by atoms with Crippen LogP contribution in [0.4, 0.5) is 0 Å². The molecule has 0 aliphatic rings. The summed E-state index contributed by atoms with van der Waals surface area (Å²) in [6, 6.07) is 3.69. The van der Waals surface area contributed by atoms with E-state index in [1.54, 1.807) is 21.3 Å². The average molecular weight is 387 g/mol. The van der Waals surface area contributed by atoms with E-state index in [9.17, 15) is 8.42 Å². The van der Waals surface area contributed by atoms with Gasteiger partial charge in [-0.15, -0.1) is 11.3 Å². The Morgan fingerprint density at radius 2 is 1.72 bits per heavy atom. The summed E-state index contributed by atoms with van der Waals surface area (Å²) in [5, 5.41) is 2.76. The maximum absolute atomic E-state index is 10.9. The first-order valence-corrected chi connectivity index (χ1v) is 10.2. The van der Waals surface area contributed by atoms with Crippen molar-refractivity contribution in [3.63, 3.8) is 0 Å². The molecule has 0 spiro atoms. The zero-order valence-electron chi connectivity index (χ0n) is 14.6. The quantitative estimate of drug-likeness (QED) is 0.483. The fourth-order valence-electron chi connectivity index (χ4n) is 2.22. The minimum Gasteiger partial charge on any atom is -0.493 e. The number of benzene rings is 1. The van der Waals surface area contributed by atoms with Gasteiger partial charge in [-0.3, -0.25) is 4.18 Å². The second-order valence-corrected chi connectivity index (χ2v) is 7.69. The topological polar surface area (TPSA) is 84.0 Å². The van der Waals surface area contributed by atoms with Gasteiger partial charge in [0.25, 0.3) is 10.1 Å². The average Bonchev–Trinajstić information content (AvgIpc) is 3.05. The van der Waals surface area contributed by atoms with Gasteiger partial charge in [-0.1, -0.05) is 0 Å². The van der Waals surface area contributed by atoms with E-state index >= 15 is 0 Å². The van der Waals surface area contributed by atoms with Gasteiger partial charge >= 0.3 is 0 Å². The van der Waals surface area contributed by atoms with Crippen molar-refractivity contribution in [1.82, 2.24) is 4.98 Å². The fourth-order valence-corrected chi connectivity index (χ4v) is 3.49. The molecule has 0 aliphatic heterocycles. The lowest BCUT2D eigenvalue weighted by Gasteiger charge is -2.13. The first-order valence-electron chi connectivity index (χ1n) is 7.47. The van der Waals surface area contributed by atoms with E-state index in [2.05, 4.69) is 4.98 Å². The molecule has 25 heavy (non-hydrogen) atoms. The van der Waals surface area contributed by atoms with Gasteiger partial charge in [-0.2, -0.15) is 8.42 Å². The Morgan fingerprint density at radius 3 is 2.24 bits per heavy atom. The molecule has 0 unspecified atom stereocenters. The van der Waals surface area contributed by atoms with E-state index in [4.69, 9.17) is 18.4 Å². The second-order valence-electron chi connectivity index (χ2n) is 5.19. The summed E-state index contributed by atoms with van der Waals surface area (Å²) in [6.07, 6.45) is 2.25. The Balaban J connectivity index is 2.13. The van der Waals surface area contributed by atoms with E-state index < -0.39 is 10.1 Å². The lowest BCUT2D eigenvalue weighted by atomic mass is 10.2. The molecule has 0 radical (unpaired) electrons. The molecule has 0 bridgehead atoms. The molecule has 2 rings (SSSR count). The van der Waals surface area contributed by atoms with Crippen molar-refractivity contribution in [2.24, 2.45) is 0 Å². The number of methoxy groups -OCH3 is 3. The molecule has 1 heterocycles. The summed E-state index contributed by atoms with van der Waals surface area (Å²) in [6.45, 7) is 0.149. The number of aromatic nitrogens is 1. The number of hydrogen-bond acceptors (Lipinski definition) is 8. The number of ether oxygens (including phenoxy) is 3. The highest BCUT2D eigenvalue weighted by Gasteiger charge is 2.16. The normalized spacial score (nSPS) is 11.4.